The first-order valence-corrected chi connectivity index (χ1v) is 6.39. The number of hydrogen-bond acceptors (Lipinski definition) is 1. The van der Waals surface area contributed by atoms with Crippen molar-refractivity contribution in [2.24, 2.45) is 0 Å². The molecular formula is C17H21N. The molecule has 0 atom stereocenters. The maximum atomic E-state index is 5.79. The van der Waals surface area contributed by atoms with Gasteiger partial charge in [-0.25, -0.2) is 0 Å². The summed E-state index contributed by atoms with van der Waals surface area (Å²) in [6, 6.07) is 17.0. The van der Waals surface area contributed by atoms with E-state index in [4.69, 9.17) is 5.73 Å². The molecule has 0 radical (unpaired) electrons. The second kappa shape index (κ2) is 4.85. The van der Waals surface area contributed by atoms with Gasteiger partial charge in [0, 0.05) is 5.69 Å². The normalized spacial score (nSPS) is 11.5. The van der Waals surface area contributed by atoms with Crippen molar-refractivity contribution in [3.05, 3.63) is 65.2 Å². The average molecular weight is 239 g/mol. The molecule has 0 heterocycles. The summed E-state index contributed by atoms with van der Waals surface area (Å²) in [5.41, 5.74) is 10.8. The van der Waals surface area contributed by atoms with E-state index in [1.807, 2.05) is 18.2 Å². The second-order valence-electron chi connectivity index (χ2n) is 5.87. The van der Waals surface area contributed by atoms with Crippen molar-refractivity contribution in [2.45, 2.75) is 32.6 Å². The third-order valence-electron chi connectivity index (χ3n) is 3.18. The summed E-state index contributed by atoms with van der Waals surface area (Å²) in [6.45, 7) is 6.71. The van der Waals surface area contributed by atoms with Crippen LogP contribution in [0.25, 0.3) is 0 Å². The molecule has 2 rings (SSSR count). The maximum absolute atomic E-state index is 5.79. The van der Waals surface area contributed by atoms with E-state index in [-0.39, 0.29) is 5.41 Å². The molecule has 0 saturated carbocycles. The largest absolute Gasteiger partial charge is 0.399 e. The molecule has 0 fully saturated rings. The summed E-state index contributed by atoms with van der Waals surface area (Å²) < 4.78 is 0. The lowest BCUT2D eigenvalue weighted by Crippen LogP contribution is -2.10. The molecule has 2 aromatic carbocycles. The molecule has 1 heteroatoms. The predicted molar refractivity (Wildman–Crippen MR) is 78.8 cm³/mol. The zero-order chi connectivity index (χ0) is 13.2. The minimum absolute atomic E-state index is 0.218. The van der Waals surface area contributed by atoms with Gasteiger partial charge in [0.1, 0.15) is 0 Å². The minimum Gasteiger partial charge on any atom is -0.399 e. The summed E-state index contributed by atoms with van der Waals surface area (Å²) in [5, 5.41) is 0. The van der Waals surface area contributed by atoms with Crippen LogP contribution in [-0.2, 0) is 11.8 Å². The highest BCUT2D eigenvalue weighted by molar-refractivity contribution is 5.42. The molecule has 0 aliphatic rings. The number of hydrogen-bond donors (Lipinski definition) is 1. The van der Waals surface area contributed by atoms with Crippen LogP contribution in [0.4, 0.5) is 5.69 Å². The monoisotopic (exact) mass is 239 g/mol. The Morgan fingerprint density at radius 3 is 2.11 bits per heavy atom. The fourth-order valence-electron chi connectivity index (χ4n) is 2.06. The van der Waals surface area contributed by atoms with E-state index in [9.17, 15) is 0 Å². The summed E-state index contributed by atoms with van der Waals surface area (Å²) in [4.78, 5) is 0. The highest BCUT2D eigenvalue weighted by Crippen LogP contribution is 2.23. The predicted octanol–water partition coefficient (Wildman–Crippen LogP) is 4.16. The summed E-state index contributed by atoms with van der Waals surface area (Å²) in [5.74, 6) is 0. The van der Waals surface area contributed by atoms with E-state index in [1.54, 1.807) is 0 Å². The van der Waals surface area contributed by atoms with Gasteiger partial charge in [-0.15, -0.1) is 0 Å². The summed E-state index contributed by atoms with van der Waals surface area (Å²) in [6.07, 6.45) is 0.940. The first-order chi connectivity index (χ1) is 8.45. The van der Waals surface area contributed by atoms with Crippen molar-refractivity contribution < 1.29 is 0 Å². The first kappa shape index (κ1) is 12.7. The number of nitrogens with two attached hydrogens (primary N) is 1. The smallest absolute Gasteiger partial charge is 0.0316 e. The van der Waals surface area contributed by atoms with Crippen molar-refractivity contribution in [3.8, 4) is 0 Å². The molecule has 0 unspecified atom stereocenters. The molecule has 1 nitrogen and oxygen atoms in total. The Hall–Kier alpha value is -1.76. The quantitative estimate of drug-likeness (QED) is 0.782. The zero-order valence-electron chi connectivity index (χ0n) is 11.4. The summed E-state index contributed by atoms with van der Waals surface area (Å²) in [7, 11) is 0. The van der Waals surface area contributed by atoms with Crippen LogP contribution in [0.2, 0.25) is 0 Å². The topological polar surface area (TPSA) is 26.0 Å². The van der Waals surface area contributed by atoms with Gasteiger partial charge in [0.15, 0.2) is 0 Å². The molecule has 2 aromatic rings. The molecule has 0 aromatic heterocycles. The van der Waals surface area contributed by atoms with E-state index < -0.39 is 0 Å². The van der Waals surface area contributed by atoms with Crippen molar-refractivity contribution in [3.63, 3.8) is 0 Å². The molecule has 2 N–H and O–H groups in total. The van der Waals surface area contributed by atoms with E-state index in [1.165, 1.54) is 16.7 Å². The molecular weight excluding hydrogens is 218 g/mol. The van der Waals surface area contributed by atoms with Gasteiger partial charge >= 0.3 is 0 Å². The molecule has 94 valence electrons. The molecule has 0 aliphatic carbocycles. The van der Waals surface area contributed by atoms with Crippen molar-refractivity contribution in [1.29, 1.82) is 0 Å². The average Bonchev–Trinajstić information content (AvgIpc) is 2.28. The molecule has 0 bridgehead atoms. The van der Waals surface area contributed by atoms with E-state index >= 15 is 0 Å². The molecule has 0 aliphatic heterocycles. The van der Waals surface area contributed by atoms with Gasteiger partial charge in [-0.05, 0) is 40.7 Å². The standard InChI is InChI=1S/C17H21N/c1-17(2,3)15-9-7-13(8-10-15)11-14-5-4-6-16(18)12-14/h4-10,12H,11,18H2,1-3H3. The van der Waals surface area contributed by atoms with Crippen LogP contribution in [0.3, 0.4) is 0 Å². The Bertz CT molecular complexity index is 518. The van der Waals surface area contributed by atoms with E-state index in [2.05, 4.69) is 51.1 Å². The highest BCUT2D eigenvalue weighted by atomic mass is 14.5. The van der Waals surface area contributed by atoms with Crippen LogP contribution in [0.5, 0.6) is 0 Å². The number of benzene rings is 2. The van der Waals surface area contributed by atoms with Gasteiger partial charge in [-0.1, -0.05) is 57.2 Å². The second-order valence-corrected chi connectivity index (χ2v) is 5.87. The van der Waals surface area contributed by atoms with Crippen molar-refractivity contribution >= 4 is 5.69 Å². The van der Waals surface area contributed by atoms with Crippen LogP contribution in [-0.4, -0.2) is 0 Å². The van der Waals surface area contributed by atoms with Gasteiger partial charge in [0.05, 0.1) is 0 Å². The molecule has 18 heavy (non-hydrogen) atoms. The van der Waals surface area contributed by atoms with Gasteiger partial charge < -0.3 is 5.73 Å². The van der Waals surface area contributed by atoms with E-state index in [0.717, 1.165) is 12.1 Å². The fraction of sp³-hybridized carbons (Fsp3) is 0.294. The zero-order valence-corrected chi connectivity index (χ0v) is 11.4. The van der Waals surface area contributed by atoms with Gasteiger partial charge in [0.2, 0.25) is 0 Å². The first-order valence-electron chi connectivity index (χ1n) is 6.39. The Kier molecular flexibility index (Phi) is 3.42. The number of anilines is 1. The minimum atomic E-state index is 0.218. The third-order valence-corrected chi connectivity index (χ3v) is 3.18. The maximum Gasteiger partial charge on any atom is 0.0316 e. The van der Waals surface area contributed by atoms with Gasteiger partial charge in [0.25, 0.3) is 0 Å². The Morgan fingerprint density at radius 2 is 1.56 bits per heavy atom. The Morgan fingerprint density at radius 1 is 0.889 bits per heavy atom. The molecule has 0 amide bonds. The lowest BCUT2D eigenvalue weighted by atomic mass is 9.86. The fourth-order valence-corrected chi connectivity index (χ4v) is 2.06. The molecule has 0 saturated heterocycles. The number of nitrogen functional groups attached to an aromatic ring is 1. The third kappa shape index (κ3) is 3.13. The van der Waals surface area contributed by atoms with Crippen molar-refractivity contribution in [1.82, 2.24) is 0 Å². The lowest BCUT2D eigenvalue weighted by Gasteiger charge is -2.19. The van der Waals surface area contributed by atoms with Gasteiger partial charge in [-0.3, -0.25) is 0 Å². The van der Waals surface area contributed by atoms with Gasteiger partial charge in [-0.2, -0.15) is 0 Å². The van der Waals surface area contributed by atoms with E-state index in [0.29, 0.717) is 0 Å². The van der Waals surface area contributed by atoms with Crippen LogP contribution in [0, 0.1) is 0 Å². The highest BCUT2D eigenvalue weighted by Gasteiger charge is 2.12. The summed E-state index contributed by atoms with van der Waals surface area (Å²) >= 11 is 0. The lowest BCUT2D eigenvalue weighted by molar-refractivity contribution is 0.590. The number of rotatable bonds is 2. The van der Waals surface area contributed by atoms with Crippen molar-refractivity contribution in [2.75, 3.05) is 5.73 Å². The van der Waals surface area contributed by atoms with Crippen LogP contribution in [0.1, 0.15) is 37.5 Å². The van der Waals surface area contributed by atoms with Crippen LogP contribution in [0.15, 0.2) is 48.5 Å². The Labute approximate surface area is 110 Å². The molecule has 0 spiro atoms. The SMILES string of the molecule is CC(C)(C)c1ccc(Cc2cccc(N)c2)cc1. The van der Waals surface area contributed by atoms with Crippen LogP contribution >= 0.6 is 0 Å². The van der Waals surface area contributed by atoms with Crippen LogP contribution < -0.4 is 5.73 Å². The Balaban J connectivity index is 2.16.